The van der Waals surface area contributed by atoms with Crippen molar-refractivity contribution in [1.82, 2.24) is 0 Å². The summed E-state index contributed by atoms with van der Waals surface area (Å²) in [6.45, 7) is 3.85. The molecule has 2 heterocycles. The molecule has 2 atom stereocenters. The van der Waals surface area contributed by atoms with E-state index < -0.39 is 17.6 Å². The maximum Gasteiger partial charge on any atom is 0.344 e. The predicted octanol–water partition coefficient (Wildman–Crippen LogP) is 5.12. The van der Waals surface area contributed by atoms with Gasteiger partial charge in [-0.3, -0.25) is 4.79 Å². The van der Waals surface area contributed by atoms with Crippen molar-refractivity contribution in [3.8, 4) is 17.2 Å². The molecule has 0 bridgehead atoms. The van der Waals surface area contributed by atoms with Gasteiger partial charge in [0.05, 0.1) is 30.1 Å². The molecule has 0 radical (unpaired) electrons. The van der Waals surface area contributed by atoms with Crippen LogP contribution in [0.15, 0.2) is 82.0 Å². The summed E-state index contributed by atoms with van der Waals surface area (Å²) in [4.78, 5) is 26.6. The van der Waals surface area contributed by atoms with E-state index >= 15 is 0 Å². The molecule has 1 N–H and O–H groups in total. The van der Waals surface area contributed by atoms with Crippen molar-refractivity contribution in [1.29, 1.82) is 0 Å². The third kappa shape index (κ3) is 4.21. The van der Waals surface area contributed by atoms with Crippen molar-refractivity contribution in [2.75, 3.05) is 12.4 Å². The van der Waals surface area contributed by atoms with Crippen LogP contribution in [0.3, 0.4) is 0 Å². The second-order valence-electron chi connectivity index (χ2n) is 8.58. The Morgan fingerprint density at radius 1 is 0.971 bits per heavy atom. The van der Waals surface area contributed by atoms with E-state index in [2.05, 4.69) is 5.32 Å². The number of amides is 1. The van der Waals surface area contributed by atoms with E-state index in [4.69, 9.17) is 18.6 Å². The van der Waals surface area contributed by atoms with Crippen LogP contribution in [0.2, 0.25) is 0 Å². The topological polar surface area (TPSA) is 87.0 Å². The van der Waals surface area contributed by atoms with Crippen LogP contribution in [0, 0.1) is 0 Å². The van der Waals surface area contributed by atoms with Gasteiger partial charge in [-0.1, -0.05) is 36.4 Å². The van der Waals surface area contributed by atoms with Crippen LogP contribution < -0.4 is 25.2 Å². The SMILES string of the molecule is COc1cc([C@@H]2c3c(c4ccccc4oc3=O)O[C@H]2C(=O)Nc2ccccc2)ccc1OC(C)C. The minimum absolute atomic E-state index is 0.0481. The van der Waals surface area contributed by atoms with Crippen molar-refractivity contribution in [3.05, 3.63) is 94.3 Å². The van der Waals surface area contributed by atoms with E-state index in [1.54, 1.807) is 43.5 Å². The van der Waals surface area contributed by atoms with Crippen LogP contribution in [0.4, 0.5) is 5.69 Å². The summed E-state index contributed by atoms with van der Waals surface area (Å²) >= 11 is 0. The Bertz CT molecular complexity index is 1440. The number of carbonyl (C=O) groups excluding carboxylic acids is 1. The molecular formula is C28H25NO6. The first-order valence-corrected chi connectivity index (χ1v) is 11.4. The molecule has 7 nitrogen and oxygen atoms in total. The highest BCUT2D eigenvalue weighted by atomic mass is 16.5. The van der Waals surface area contributed by atoms with Gasteiger partial charge in [-0.15, -0.1) is 0 Å². The molecule has 1 aliphatic heterocycles. The maximum atomic E-state index is 13.5. The van der Waals surface area contributed by atoms with Gasteiger partial charge in [0, 0.05) is 5.69 Å². The molecule has 3 aromatic carbocycles. The quantitative estimate of drug-likeness (QED) is 0.393. The van der Waals surface area contributed by atoms with E-state index in [1.165, 1.54) is 0 Å². The third-order valence-electron chi connectivity index (χ3n) is 5.87. The molecular weight excluding hydrogens is 446 g/mol. The molecule has 178 valence electrons. The van der Waals surface area contributed by atoms with E-state index in [0.29, 0.717) is 45.0 Å². The molecule has 1 aliphatic rings. The number of ether oxygens (including phenoxy) is 3. The van der Waals surface area contributed by atoms with Crippen LogP contribution in [0.5, 0.6) is 17.2 Å². The number of carbonyl (C=O) groups is 1. The van der Waals surface area contributed by atoms with E-state index in [9.17, 15) is 9.59 Å². The van der Waals surface area contributed by atoms with Gasteiger partial charge in [-0.25, -0.2) is 4.79 Å². The predicted molar refractivity (Wildman–Crippen MR) is 133 cm³/mol. The number of fused-ring (bicyclic) bond motifs is 3. The fourth-order valence-corrected chi connectivity index (χ4v) is 4.39. The summed E-state index contributed by atoms with van der Waals surface area (Å²) in [7, 11) is 1.55. The number of nitrogens with one attached hydrogen (secondary N) is 1. The lowest BCUT2D eigenvalue weighted by Crippen LogP contribution is -2.35. The molecule has 0 unspecified atom stereocenters. The Hall–Kier alpha value is -4.26. The zero-order valence-electron chi connectivity index (χ0n) is 19.6. The average Bonchev–Trinajstić information content (AvgIpc) is 3.26. The van der Waals surface area contributed by atoms with Gasteiger partial charge >= 0.3 is 5.63 Å². The Balaban J connectivity index is 1.64. The van der Waals surface area contributed by atoms with Crippen LogP contribution in [0.25, 0.3) is 11.0 Å². The smallest absolute Gasteiger partial charge is 0.344 e. The highest BCUT2D eigenvalue weighted by molar-refractivity contribution is 5.97. The summed E-state index contributed by atoms with van der Waals surface area (Å²) in [5, 5.41) is 3.53. The van der Waals surface area contributed by atoms with Gasteiger partial charge in [-0.05, 0) is 55.8 Å². The molecule has 0 aliphatic carbocycles. The Morgan fingerprint density at radius 2 is 1.71 bits per heavy atom. The summed E-state index contributed by atoms with van der Waals surface area (Å²) in [5.41, 5.74) is 1.47. The first-order valence-electron chi connectivity index (χ1n) is 11.4. The highest BCUT2D eigenvalue weighted by Crippen LogP contribution is 2.46. The van der Waals surface area contributed by atoms with Crippen molar-refractivity contribution >= 4 is 22.6 Å². The van der Waals surface area contributed by atoms with Crippen LogP contribution in [0.1, 0.15) is 30.9 Å². The molecule has 1 amide bonds. The molecule has 7 heteroatoms. The van der Waals surface area contributed by atoms with Gasteiger partial charge in [0.15, 0.2) is 17.6 Å². The van der Waals surface area contributed by atoms with Gasteiger partial charge in [0.25, 0.3) is 5.91 Å². The number of para-hydroxylation sites is 2. The number of hydrogen-bond donors (Lipinski definition) is 1. The summed E-state index contributed by atoms with van der Waals surface area (Å²) < 4.78 is 23.2. The minimum atomic E-state index is -1.000. The summed E-state index contributed by atoms with van der Waals surface area (Å²) in [6.07, 6.45) is -1.05. The number of anilines is 1. The highest BCUT2D eigenvalue weighted by Gasteiger charge is 2.44. The molecule has 4 aromatic rings. The number of rotatable bonds is 6. The summed E-state index contributed by atoms with van der Waals surface area (Å²) in [5.74, 6) is 0.341. The van der Waals surface area contributed by atoms with Crippen molar-refractivity contribution in [3.63, 3.8) is 0 Å². The second-order valence-corrected chi connectivity index (χ2v) is 8.58. The van der Waals surface area contributed by atoms with E-state index in [0.717, 1.165) is 0 Å². The zero-order valence-corrected chi connectivity index (χ0v) is 19.6. The van der Waals surface area contributed by atoms with Crippen LogP contribution >= 0.6 is 0 Å². The van der Waals surface area contributed by atoms with Crippen LogP contribution in [-0.2, 0) is 4.79 Å². The first-order chi connectivity index (χ1) is 17.0. The number of benzene rings is 3. The Morgan fingerprint density at radius 3 is 2.46 bits per heavy atom. The molecule has 5 rings (SSSR count). The van der Waals surface area contributed by atoms with E-state index in [1.807, 2.05) is 50.2 Å². The van der Waals surface area contributed by atoms with Crippen molar-refractivity contribution < 1.29 is 23.4 Å². The normalized spacial score (nSPS) is 16.6. The van der Waals surface area contributed by atoms with Gasteiger partial charge in [-0.2, -0.15) is 0 Å². The fraction of sp³-hybridized carbons (Fsp3) is 0.214. The number of methoxy groups -OCH3 is 1. The lowest BCUT2D eigenvalue weighted by atomic mass is 9.88. The maximum absolute atomic E-state index is 13.5. The third-order valence-corrected chi connectivity index (χ3v) is 5.87. The van der Waals surface area contributed by atoms with Gasteiger partial charge < -0.3 is 23.9 Å². The lowest BCUT2D eigenvalue weighted by Gasteiger charge is -2.20. The van der Waals surface area contributed by atoms with E-state index in [-0.39, 0.29) is 12.0 Å². The van der Waals surface area contributed by atoms with Crippen LogP contribution in [-0.4, -0.2) is 25.2 Å². The fourth-order valence-electron chi connectivity index (χ4n) is 4.39. The zero-order chi connectivity index (χ0) is 24.5. The molecule has 0 spiro atoms. The standard InChI is InChI=1S/C28H25NO6/c1-16(2)33-21-14-13-17(15-22(21)32-3)23-24-25(19-11-7-8-12-20(19)34-28(24)31)35-26(23)27(30)29-18-9-5-4-6-10-18/h4-16,23,26H,1-3H3,(H,29,30)/t23-,26-/m1/s1. The summed E-state index contributed by atoms with van der Waals surface area (Å²) in [6, 6.07) is 21.6. The van der Waals surface area contributed by atoms with Crippen molar-refractivity contribution in [2.24, 2.45) is 0 Å². The Kier molecular flexibility index (Phi) is 5.91. The van der Waals surface area contributed by atoms with Gasteiger partial charge in [0.1, 0.15) is 11.3 Å². The largest absolute Gasteiger partial charge is 0.493 e. The molecule has 0 saturated carbocycles. The number of hydrogen-bond acceptors (Lipinski definition) is 6. The molecule has 1 aromatic heterocycles. The van der Waals surface area contributed by atoms with Gasteiger partial charge in [0.2, 0.25) is 0 Å². The molecule has 35 heavy (non-hydrogen) atoms. The monoisotopic (exact) mass is 471 g/mol. The van der Waals surface area contributed by atoms with Crippen molar-refractivity contribution in [2.45, 2.75) is 32.0 Å². The Labute approximate surface area is 202 Å². The average molecular weight is 472 g/mol. The lowest BCUT2D eigenvalue weighted by molar-refractivity contribution is -0.122. The molecule has 0 saturated heterocycles. The second kappa shape index (κ2) is 9.18. The molecule has 0 fully saturated rings. The minimum Gasteiger partial charge on any atom is -0.493 e. The first kappa shape index (κ1) is 22.5.